The van der Waals surface area contributed by atoms with Crippen molar-refractivity contribution in [1.29, 1.82) is 0 Å². The largest absolute Gasteiger partial charge is 0.478 e. The Morgan fingerprint density at radius 2 is 2.17 bits per heavy atom. The molecule has 6 heteroatoms. The van der Waals surface area contributed by atoms with Gasteiger partial charge in [-0.2, -0.15) is 8.42 Å². The minimum atomic E-state index is -2.55. The van der Waals surface area contributed by atoms with Gasteiger partial charge in [0.25, 0.3) is 0 Å². The number of carboxylic acids is 1. The second-order valence-electron chi connectivity index (χ2n) is 1.95. The van der Waals surface area contributed by atoms with Crippen molar-refractivity contribution in [1.82, 2.24) is 4.98 Å². The van der Waals surface area contributed by atoms with Crippen molar-refractivity contribution in [2.24, 2.45) is 0 Å². The topological polar surface area (TPSA) is 87.2 Å². The minimum absolute atomic E-state index is 0.258. The SMILES string of the molecule is O=C(O)c1ccc[nH]c1=S(=O)=O. The molecule has 0 aliphatic carbocycles. The molecule has 0 unspecified atom stereocenters. The van der Waals surface area contributed by atoms with E-state index in [1.165, 1.54) is 18.3 Å². The Morgan fingerprint density at radius 3 is 2.58 bits per heavy atom. The lowest BCUT2D eigenvalue weighted by molar-refractivity contribution is 0.0695. The molecule has 0 aliphatic rings. The molecule has 12 heavy (non-hydrogen) atoms. The number of carbonyl (C=O) groups is 1. The van der Waals surface area contributed by atoms with Crippen LogP contribution in [0.3, 0.4) is 0 Å². The summed E-state index contributed by atoms with van der Waals surface area (Å²) in [5.41, 5.74) is -0.258. The Balaban J connectivity index is 3.73. The van der Waals surface area contributed by atoms with Gasteiger partial charge in [0.05, 0.1) is 5.56 Å². The Bertz CT molecular complexity index is 462. The monoisotopic (exact) mass is 187 g/mol. The first-order chi connectivity index (χ1) is 5.63. The van der Waals surface area contributed by atoms with E-state index in [0.717, 1.165) is 0 Å². The van der Waals surface area contributed by atoms with Crippen molar-refractivity contribution < 1.29 is 18.3 Å². The molecule has 64 valence electrons. The zero-order valence-electron chi connectivity index (χ0n) is 5.81. The van der Waals surface area contributed by atoms with Gasteiger partial charge >= 0.3 is 5.97 Å². The van der Waals surface area contributed by atoms with Crippen LogP contribution in [0.25, 0.3) is 0 Å². The van der Waals surface area contributed by atoms with Gasteiger partial charge in [-0.25, -0.2) is 4.79 Å². The van der Waals surface area contributed by atoms with E-state index in [0.29, 0.717) is 0 Å². The summed E-state index contributed by atoms with van der Waals surface area (Å²) >= 11 is 0. The molecule has 5 nitrogen and oxygen atoms in total. The maximum absolute atomic E-state index is 10.4. The van der Waals surface area contributed by atoms with Crippen LogP contribution in [-0.2, 0) is 10.3 Å². The fraction of sp³-hybridized carbons (Fsp3) is 0. The van der Waals surface area contributed by atoms with Crippen molar-refractivity contribution >= 4 is 16.3 Å². The summed E-state index contributed by atoms with van der Waals surface area (Å²) in [5.74, 6) is -1.27. The van der Waals surface area contributed by atoms with Crippen LogP contribution in [0.2, 0.25) is 0 Å². The second kappa shape index (κ2) is 3.22. The van der Waals surface area contributed by atoms with Crippen LogP contribution in [-0.4, -0.2) is 24.5 Å². The molecule has 0 bridgehead atoms. The maximum atomic E-state index is 10.4. The molecule has 0 aromatic carbocycles. The molecule has 1 rings (SSSR count). The summed E-state index contributed by atoms with van der Waals surface area (Å²) in [6, 6.07) is 2.63. The molecule has 0 saturated carbocycles. The normalized spacial score (nSPS) is 9.33. The van der Waals surface area contributed by atoms with Gasteiger partial charge in [-0.05, 0) is 12.1 Å². The van der Waals surface area contributed by atoms with Gasteiger partial charge in [-0.1, -0.05) is 0 Å². The molecule has 0 amide bonds. The summed E-state index contributed by atoms with van der Waals surface area (Å²) in [5, 5.41) is 8.52. The molecule has 1 aromatic rings. The van der Waals surface area contributed by atoms with Crippen LogP contribution in [0.4, 0.5) is 0 Å². The highest BCUT2D eigenvalue weighted by atomic mass is 32.2. The smallest absolute Gasteiger partial charge is 0.338 e. The van der Waals surface area contributed by atoms with E-state index in [2.05, 4.69) is 4.98 Å². The first kappa shape index (κ1) is 8.54. The van der Waals surface area contributed by atoms with Crippen LogP contribution >= 0.6 is 0 Å². The number of aromatic carboxylic acids is 1. The highest BCUT2D eigenvalue weighted by Crippen LogP contribution is 1.96. The number of hydrogen-bond donors (Lipinski definition) is 2. The lowest BCUT2D eigenvalue weighted by atomic mass is 10.3. The maximum Gasteiger partial charge on any atom is 0.338 e. The van der Waals surface area contributed by atoms with Crippen molar-refractivity contribution in [2.45, 2.75) is 0 Å². The third-order valence-corrected chi connectivity index (χ3v) is 1.89. The molecule has 0 atom stereocenters. The Morgan fingerprint density at radius 1 is 1.50 bits per heavy atom. The van der Waals surface area contributed by atoms with E-state index in [-0.39, 0.29) is 10.2 Å². The van der Waals surface area contributed by atoms with Gasteiger partial charge in [0.15, 0.2) is 4.64 Å². The molecule has 0 fully saturated rings. The number of H-pyrrole nitrogens is 1. The fourth-order valence-electron chi connectivity index (χ4n) is 0.728. The Hall–Kier alpha value is -1.56. The van der Waals surface area contributed by atoms with E-state index in [1.807, 2.05) is 0 Å². The summed E-state index contributed by atoms with van der Waals surface area (Å²) in [4.78, 5) is 12.8. The highest BCUT2D eigenvalue weighted by molar-refractivity contribution is 7.63. The highest BCUT2D eigenvalue weighted by Gasteiger charge is 2.04. The number of hydrogen-bond acceptors (Lipinski definition) is 3. The Labute approximate surface area is 68.8 Å². The van der Waals surface area contributed by atoms with Crippen molar-refractivity contribution in [3.63, 3.8) is 0 Å². The quantitative estimate of drug-likeness (QED) is 0.611. The van der Waals surface area contributed by atoms with E-state index in [4.69, 9.17) is 5.11 Å². The number of aromatic amines is 1. The lowest BCUT2D eigenvalue weighted by Crippen LogP contribution is -1.99. The average molecular weight is 187 g/mol. The number of nitrogens with one attached hydrogen (secondary N) is 1. The molecule has 1 aromatic heterocycles. The third-order valence-electron chi connectivity index (χ3n) is 1.22. The number of rotatable bonds is 1. The predicted octanol–water partition coefficient (Wildman–Crippen LogP) is 0.124. The van der Waals surface area contributed by atoms with Gasteiger partial charge < -0.3 is 10.1 Å². The number of carboxylic acid groups (broad SMARTS) is 1. The minimum Gasteiger partial charge on any atom is -0.478 e. The lowest BCUT2D eigenvalue weighted by Gasteiger charge is -1.90. The third kappa shape index (κ3) is 1.54. The molecule has 0 aliphatic heterocycles. The van der Waals surface area contributed by atoms with Crippen molar-refractivity contribution in [3.8, 4) is 0 Å². The zero-order chi connectivity index (χ0) is 9.14. The van der Waals surface area contributed by atoms with Crippen LogP contribution < -0.4 is 0 Å². The Kier molecular flexibility index (Phi) is 2.29. The molecule has 0 radical (unpaired) electrons. The summed E-state index contributed by atoms with van der Waals surface area (Å²) < 4.78 is 20.5. The van der Waals surface area contributed by atoms with E-state index >= 15 is 0 Å². The molecule has 0 saturated heterocycles. The van der Waals surface area contributed by atoms with Gasteiger partial charge in [0, 0.05) is 6.20 Å². The summed E-state index contributed by atoms with van der Waals surface area (Å²) in [6.07, 6.45) is 1.34. The second-order valence-corrected chi connectivity index (χ2v) is 2.83. The van der Waals surface area contributed by atoms with E-state index in [1.54, 1.807) is 0 Å². The van der Waals surface area contributed by atoms with Gasteiger partial charge in [0.2, 0.25) is 10.3 Å². The molecular weight excluding hydrogens is 182 g/mol. The van der Waals surface area contributed by atoms with Gasteiger partial charge in [-0.3, -0.25) is 0 Å². The predicted molar refractivity (Wildman–Crippen MR) is 39.9 cm³/mol. The van der Waals surface area contributed by atoms with Crippen LogP contribution in [0.15, 0.2) is 18.3 Å². The summed E-state index contributed by atoms with van der Waals surface area (Å²) in [6.45, 7) is 0. The average Bonchev–Trinajstić information content (AvgIpc) is 2.04. The first-order valence-electron chi connectivity index (χ1n) is 2.96. The number of aromatic nitrogens is 1. The van der Waals surface area contributed by atoms with E-state index in [9.17, 15) is 13.2 Å². The fourth-order valence-corrected chi connectivity index (χ4v) is 1.23. The van der Waals surface area contributed by atoms with Crippen molar-refractivity contribution in [3.05, 3.63) is 28.5 Å². The van der Waals surface area contributed by atoms with Crippen LogP contribution in [0, 0.1) is 4.64 Å². The van der Waals surface area contributed by atoms with Crippen LogP contribution in [0.1, 0.15) is 10.4 Å². The summed E-state index contributed by atoms with van der Waals surface area (Å²) in [7, 11) is -2.55. The number of pyridine rings is 1. The van der Waals surface area contributed by atoms with Crippen LogP contribution in [0.5, 0.6) is 0 Å². The van der Waals surface area contributed by atoms with Crippen molar-refractivity contribution in [2.75, 3.05) is 0 Å². The molecular formula is C6H5NO4S. The van der Waals surface area contributed by atoms with Gasteiger partial charge in [0.1, 0.15) is 0 Å². The molecule has 1 heterocycles. The van der Waals surface area contributed by atoms with E-state index < -0.39 is 16.3 Å². The standard InChI is InChI=1S/C6H5NO4S/c8-6(9)4-2-1-3-7-5(4)12(10)11/h1-3,7H,(H,8,9). The first-order valence-corrected chi connectivity index (χ1v) is 4.03. The molecule has 0 spiro atoms. The van der Waals surface area contributed by atoms with Gasteiger partial charge in [-0.15, -0.1) is 0 Å². The zero-order valence-corrected chi connectivity index (χ0v) is 6.63. The molecule has 2 N–H and O–H groups in total.